The Morgan fingerprint density at radius 3 is 2.89 bits per heavy atom. The van der Waals surface area contributed by atoms with Crippen molar-refractivity contribution in [1.82, 2.24) is 14.5 Å². The molecule has 2 atom stereocenters. The normalized spacial score (nSPS) is 28.8. The lowest BCUT2D eigenvalue weighted by Crippen LogP contribution is -2.57. The Kier molecular flexibility index (Phi) is 4.07. The van der Waals surface area contributed by atoms with Crippen LogP contribution in [0.2, 0.25) is 0 Å². The largest absolute Gasteiger partial charge is 0.337 e. The maximum absolute atomic E-state index is 6.13. The summed E-state index contributed by atoms with van der Waals surface area (Å²) in [6.07, 6.45) is 9.02. The molecule has 102 valence electrons. The van der Waals surface area contributed by atoms with Crippen molar-refractivity contribution in [3.05, 3.63) is 18.2 Å². The predicted octanol–water partition coefficient (Wildman–Crippen LogP) is 1.76. The number of hydrogen-bond donors (Lipinski definition) is 1. The van der Waals surface area contributed by atoms with E-state index in [1.54, 1.807) is 0 Å². The minimum atomic E-state index is 0.157. The number of likely N-dealkylation sites (N-methyl/N-ethyl adjacent to an activating group) is 1. The summed E-state index contributed by atoms with van der Waals surface area (Å²) in [5.74, 6) is 1.78. The van der Waals surface area contributed by atoms with E-state index >= 15 is 0 Å². The molecule has 0 amide bonds. The first-order valence-corrected chi connectivity index (χ1v) is 6.97. The zero-order chi connectivity index (χ0) is 13.2. The van der Waals surface area contributed by atoms with E-state index in [1.165, 1.54) is 25.7 Å². The summed E-state index contributed by atoms with van der Waals surface area (Å²) < 4.78 is 2.09. The van der Waals surface area contributed by atoms with Crippen LogP contribution in [0.25, 0.3) is 0 Å². The molecule has 1 aliphatic carbocycles. The topological polar surface area (TPSA) is 47.1 Å². The summed E-state index contributed by atoms with van der Waals surface area (Å²) in [6.45, 7) is 3.97. The van der Waals surface area contributed by atoms with E-state index in [4.69, 9.17) is 5.73 Å². The van der Waals surface area contributed by atoms with Gasteiger partial charge in [0.1, 0.15) is 5.82 Å². The maximum Gasteiger partial charge on any atom is 0.122 e. The highest BCUT2D eigenvalue weighted by atomic mass is 15.2. The number of nitrogens with two attached hydrogens (primary N) is 1. The molecular weight excluding hydrogens is 224 g/mol. The monoisotopic (exact) mass is 250 g/mol. The number of aryl methyl sites for hydroxylation is 1. The Labute approximate surface area is 110 Å². The molecule has 2 N–H and O–H groups in total. The van der Waals surface area contributed by atoms with Crippen LogP contribution in [-0.4, -0.2) is 33.6 Å². The molecule has 0 saturated heterocycles. The third kappa shape index (κ3) is 2.31. The molecule has 18 heavy (non-hydrogen) atoms. The molecule has 1 aliphatic rings. The Bertz CT molecular complexity index is 387. The lowest BCUT2D eigenvalue weighted by molar-refractivity contribution is 0.0256. The molecule has 0 spiro atoms. The predicted molar refractivity (Wildman–Crippen MR) is 74.1 cm³/mol. The van der Waals surface area contributed by atoms with Crippen LogP contribution in [0.3, 0.4) is 0 Å². The first-order chi connectivity index (χ1) is 8.60. The zero-order valence-corrected chi connectivity index (χ0v) is 11.9. The number of rotatable bonds is 4. The van der Waals surface area contributed by atoms with Crippen molar-refractivity contribution < 1.29 is 0 Å². The number of imidazole rings is 1. The maximum atomic E-state index is 6.13. The molecule has 4 nitrogen and oxygen atoms in total. The Morgan fingerprint density at radius 1 is 1.56 bits per heavy atom. The number of hydrogen-bond acceptors (Lipinski definition) is 3. The highest BCUT2D eigenvalue weighted by Gasteiger charge is 2.40. The summed E-state index contributed by atoms with van der Waals surface area (Å²) in [7, 11) is 4.25. The second-order valence-corrected chi connectivity index (χ2v) is 5.76. The van der Waals surface area contributed by atoms with Gasteiger partial charge in [0.2, 0.25) is 0 Å². The van der Waals surface area contributed by atoms with Crippen LogP contribution in [0.4, 0.5) is 0 Å². The number of nitrogens with zero attached hydrogens (tertiary/aromatic N) is 3. The highest BCUT2D eigenvalue weighted by Crippen LogP contribution is 2.37. The van der Waals surface area contributed by atoms with Crippen LogP contribution in [0.1, 0.15) is 38.4 Å². The van der Waals surface area contributed by atoms with Gasteiger partial charge in [-0.1, -0.05) is 19.8 Å². The van der Waals surface area contributed by atoms with E-state index < -0.39 is 0 Å². The van der Waals surface area contributed by atoms with E-state index in [0.29, 0.717) is 5.92 Å². The van der Waals surface area contributed by atoms with Gasteiger partial charge < -0.3 is 10.3 Å². The molecule has 0 aromatic carbocycles. The van der Waals surface area contributed by atoms with E-state index in [1.807, 2.05) is 12.4 Å². The minimum Gasteiger partial charge on any atom is -0.337 e. The van der Waals surface area contributed by atoms with Crippen molar-refractivity contribution in [3.8, 4) is 0 Å². The summed E-state index contributed by atoms with van der Waals surface area (Å²) in [4.78, 5) is 6.85. The first-order valence-electron chi connectivity index (χ1n) is 6.97. The van der Waals surface area contributed by atoms with Crippen molar-refractivity contribution in [2.24, 2.45) is 18.7 Å². The summed E-state index contributed by atoms with van der Waals surface area (Å²) in [5.41, 5.74) is 6.28. The van der Waals surface area contributed by atoms with Gasteiger partial charge in [-0.15, -0.1) is 0 Å². The van der Waals surface area contributed by atoms with Crippen molar-refractivity contribution in [2.75, 3.05) is 13.6 Å². The molecule has 1 heterocycles. The lowest BCUT2D eigenvalue weighted by atomic mass is 9.72. The van der Waals surface area contributed by atoms with Gasteiger partial charge in [0.05, 0.1) is 6.54 Å². The molecule has 1 saturated carbocycles. The van der Waals surface area contributed by atoms with Gasteiger partial charge in [0, 0.05) is 31.5 Å². The van der Waals surface area contributed by atoms with Gasteiger partial charge in [-0.25, -0.2) is 4.98 Å². The summed E-state index contributed by atoms with van der Waals surface area (Å²) >= 11 is 0. The molecule has 1 aromatic rings. The van der Waals surface area contributed by atoms with Gasteiger partial charge in [0.25, 0.3) is 0 Å². The second-order valence-electron chi connectivity index (χ2n) is 5.76. The minimum absolute atomic E-state index is 0.157. The summed E-state index contributed by atoms with van der Waals surface area (Å²) in [5, 5.41) is 0. The van der Waals surface area contributed by atoms with Gasteiger partial charge in [-0.2, -0.15) is 0 Å². The molecular formula is C14H26N4. The third-order valence-electron chi connectivity index (χ3n) is 4.83. The van der Waals surface area contributed by atoms with Crippen molar-refractivity contribution in [3.63, 3.8) is 0 Å². The van der Waals surface area contributed by atoms with E-state index in [2.05, 4.69) is 35.5 Å². The van der Waals surface area contributed by atoms with Crippen LogP contribution in [0.15, 0.2) is 12.4 Å². The SMILES string of the molecule is CC1CCCCC1(CN)N(C)Cc1nccn1C. The Balaban J connectivity index is 2.14. The quantitative estimate of drug-likeness (QED) is 0.886. The highest BCUT2D eigenvalue weighted by molar-refractivity contribution is 5.00. The molecule has 4 heteroatoms. The zero-order valence-electron chi connectivity index (χ0n) is 11.9. The van der Waals surface area contributed by atoms with Gasteiger partial charge >= 0.3 is 0 Å². The molecule has 1 aromatic heterocycles. The van der Waals surface area contributed by atoms with Gasteiger partial charge in [0.15, 0.2) is 0 Å². The average molecular weight is 250 g/mol. The van der Waals surface area contributed by atoms with E-state index in [0.717, 1.165) is 18.9 Å². The molecule has 2 rings (SSSR count). The standard InChI is InChI=1S/C14H26N4/c1-12-6-4-5-7-14(12,11-15)18(3)10-13-16-8-9-17(13)2/h8-9,12H,4-7,10-11,15H2,1-3H3. The van der Waals surface area contributed by atoms with Crippen LogP contribution in [0, 0.1) is 5.92 Å². The fourth-order valence-electron chi connectivity index (χ4n) is 3.34. The molecule has 0 aliphatic heterocycles. The second kappa shape index (κ2) is 5.41. The molecule has 0 radical (unpaired) electrons. The number of aromatic nitrogens is 2. The van der Waals surface area contributed by atoms with Gasteiger partial charge in [-0.05, 0) is 25.8 Å². The van der Waals surface area contributed by atoms with E-state index in [-0.39, 0.29) is 5.54 Å². The molecule has 1 fully saturated rings. The van der Waals surface area contributed by atoms with Crippen LogP contribution < -0.4 is 5.73 Å². The van der Waals surface area contributed by atoms with Crippen molar-refractivity contribution in [2.45, 2.75) is 44.7 Å². The van der Waals surface area contributed by atoms with E-state index in [9.17, 15) is 0 Å². The lowest BCUT2D eigenvalue weighted by Gasteiger charge is -2.48. The average Bonchev–Trinajstić information content (AvgIpc) is 2.76. The first kappa shape index (κ1) is 13.6. The third-order valence-corrected chi connectivity index (χ3v) is 4.83. The summed E-state index contributed by atoms with van der Waals surface area (Å²) in [6, 6.07) is 0. The fraction of sp³-hybridized carbons (Fsp3) is 0.786. The van der Waals surface area contributed by atoms with Gasteiger partial charge in [-0.3, -0.25) is 4.90 Å². The fourth-order valence-corrected chi connectivity index (χ4v) is 3.34. The van der Waals surface area contributed by atoms with Crippen LogP contribution >= 0.6 is 0 Å². The Hall–Kier alpha value is -0.870. The molecule has 2 unspecified atom stereocenters. The van der Waals surface area contributed by atoms with Crippen molar-refractivity contribution >= 4 is 0 Å². The van der Waals surface area contributed by atoms with Crippen LogP contribution in [-0.2, 0) is 13.6 Å². The van der Waals surface area contributed by atoms with Crippen molar-refractivity contribution in [1.29, 1.82) is 0 Å². The van der Waals surface area contributed by atoms with Crippen LogP contribution in [0.5, 0.6) is 0 Å². The molecule has 0 bridgehead atoms. The Morgan fingerprint density at radius 2 is 2.33 bits per heavy atom. The smallest absolute Gasteiger partial charge is 0.122 e.